The highest BCUT2D eigenvalue weighted by Gasteiger charge is 2.30. The minimum atomic E-state index is -4.46. The SMILES string of the molecule is O=C(Nc1ccc(N2CCCC2)cc1)c1cccc(C(F)(F)F)c1. The first kappa shape index (κ1) is 16.4. The average Bonchev–Trinajstić information content (AvgIpc) is 3.09. The van der Waals surface area contributed by atoms with Gasteiger partial charge in [-0.3, -0.25) is 4.79 Å². The molecule has 2 aromatic carbocycles. The van der Waals surface area contributed by atoms with Gasteiger partial charge in [0, 0.05) is 30.0 Å². The van der Waals surface area contributed by atoms with Gasteiger partial charge in [0.15, 0.2) is 0 Å². The molecule has 0 bridgehead atoms. The Morgan fingerprint density at radius 3 is 2.29 bits per heavy atom. The number of carbonyl (C=O) groups excluding carboxylic acids is 1. The molecular weight excluding hydrogens is 317 g/mol. The van der Waals surface area contributed by atoms with Gasteiger partial charge in [-0.25, -0.2) is 0 Å². The first-order valence-corrected chi connectivity index (χ1v) is 7.77. The molecule has 1 aliphatic rings. The van der Waals surface area contributed by atoms with Gasteiger partial charge in [0.1, 0.15) is 0 Å². The smallest absolute Gasteiger partial charge is 0.372 e. The Kier molecular flexibility index (Phi) is 4.46. The number of hydrogen-bond donors (Lipinski definition) is 1. The molecule has 0 aliphatic carbocycles. The van der Waals surface area contributed by atoms with Crippen LogP contribution in [0.5, 0.6) is 0 Å². The Morgan fingerprint density at radius 1 is 1.00 bits per heavy atom. The van der Waals surface area contributed by atoms with E-state index >= 15 is 0 Å². The van der Waals surface area contributed by atoms with E-state index in [4.69, 9.17) is 0 Å². The highest BCUT2D eigenvalue weighted by molar-refractivity contribution is 6.04. The fourth-order valence-electron chi connectivity index (χ4n) is 2.77. The third kappa shape index (κ3) is 3.69. The molecule has 3 nitrogen and oxygen atoms in total. The molecule has 0 atom stereocenters. The summed E-state index contributed by atoms with van der Waals surface area (Å²) in [6.07, 6.45) is -2.12. The van der Waals surface area contributed by atoms with Gasteiger partial charge < -0.3 is 10.2 Å². The van der Waals surface area contributed by atoms with E-state index in [1.807, 2.05) is 12.1 Å². The van der Waals surface area contributed by atoms with Gasteiger partial charge in [-0.05, 0) is 55.3 Å². The molecule has 0 unspecified atom stereocenters. The van der Waals surface area contributed by atoms with Gasteiger partial charge in [0.2, 0.25) is 0 Å². The fraction of sp³-hybridized carbons (Fsp3) is 0.278. The van der Waals surface area contributed by atoms with Crippen molar-refractivity contribution in [3.05, 3.63) is 59.7 Å². The molecule has 0 aromatic heterocycles. The predicted molar refractivity (Wildman–Crippen MR) is 87.3 cm³/mol. The van der Waals surface area contributed by atoms with Crippen molar-refractivity contribution in [1.82, 2.24) is 0 Å². The Hall–Kier alpha value is -2.50. The zero-order valence-electron chi connectivity index (χ0n) is 12.9. The molecule has 1 saturated heterocycles. The van der Waals surface area contributed by atoms with E-state index in [9.17, 15) is 18.0 Å². The Labute approximate surface area is 138 Å². The van der Waals surface area contributed by atoms with Crippen LogP contribution < -0.4 is 10.2 Å². The van der Waals surface area contributed by atoms with Crippen molar-refractivity contribution in [1.29, 1.82) is 0 Å². The van der Waals surface area contributed by atoms with Crippen LogP contribution in [0.2, 0.25) is 0 Å². The molecule has 24 heavy (non-hydrogen) atoms. The number of rotatable bonds is 3. The van der Waals surface area contributed by atoms with Crippen LogP contribution in [0.4, 0.5) is 24.5 Å². The minimum Gasteiger partial charge on any atom is -0.372 e. The lowest BCUT2D eigenvalue weighted by molar-refractivity contribution is -0.137. The summed E-state index contributed by atoms with van der Waals surface area (Å²) in [5.74, 6) is -0.560. The van der Waals surface area contributed by atoms with Crippen molar-refractivity contribution < 1.29 is 18.0 Å². The van der Waals surface area contributed by atoms with Crippen molar-refractivity contribution in [3.8, 4) is 0 Å². The number of halogens is 3. The second kappa shape index (κ2) is 6.55. The normalized spacial score (nSPS) is 14.7. The number of nitrogens with zero attached hydrogens (tertiary/aromatic N) is 1. The summed E-state index contributed by atoms with van der Waals surface area (Å²) in [5, 5.41) is 2.63. The lowest BCUT2D eigenvalue weighted by atomic mass is 10.1. The lowest BCUT2D eigenvalue weighted by Gasteiger charge is -2.17. The maximum atomic E-state index is 12.7. The monoisotopic (exact) mass is 334 g/mol. The van der Waals surface area contributed by atoms with Gasteiger partial charge in [-0.15, -0.1) is 0 Å². The molecule has 126 valence electrons. The number of amides is 1. The van der Waals surface area contributed by atoms with Crippen molar-refractivity contribution in [2.24, 2.45) is 0 Å². The van der Waals surface area contributed by atoms with Crippen LogP contribution in [-0.4, -0.2) is 19.0 Å². The number of alkyl halides is 3. The van der Waals surface area contributed by atoms with Gasteiger partial charge in [0.05, 0.1) is 5.56 Å². The highest BCUT2D eigenvalue weighted by Crippen LogP contribution is 2.29. The first-order valence-electron chi connectivity index (χ1n) is 7.77. The molecule has 6 heteroatoms. The summed E-state index contributed by atoms with van der Waals surface area (Å²) in [7, 11) is 0. The van der Waals surface area contributed by atoms with Crippen molar-refractivity contribution in [3.63, 3.8) is 0 Å². The van der Waals surface area contributed by atoms with Crippen LogP contribution in [0, 0.1) is 0 Å². The third-order valence-corrected chi connectivity index (χ3v) is 4.05. The highest BCUT2D eigenvalue weighted by atomic mass is 19.4. The van der Waals surface area contributed by atoms with Crippen molar-refractivity contribution in [2.75, 3.05) is 23.3 Å². The molecular formula is C18H17F3N2O. The Morgan fingerprint density at radius 2 is 1.67 bits per heavy atom. The van der Waals surface area contributed by atoms with E-state index in [1.54, 1.807) is 12.1 Å². The predicted octanol–water partition coefficient (Wildman–Crippen LogP) is 4.56. The van der Waals surface area contributed by atoms with Gasteiger partial charge in [-0.2, -0.15) is 13.2 Å². The molecule has 1 aliphatic heterocycles. The number of hydrogen-bond acceptors (Lipinski definition) is 2. The minimum absolute atomic E-state index is 0.0200. The molecule has 1 fully saturated rings. The second-order valence-corrected chi connectivity index (χ2v) is 5.77. The van der Waals surface area contributed by atoms with Crippen LogP contribution in [0.1, 0.15) is 28.8 Å². The van der Waals surface area contributed by atoms with Gasteiger partial charge in [0.25, 0.3) is 5.91 Å². The molecule has 0 radical (unpaired) electrons. The van der Waals surface area contributed by atoms with Crippen LogP contribution in [0.15, 0.2) is 48.5 Å². The quantitative estimate of drug-likeness (QED) is 0.892. The van der Waals surface area contributed by atoms with Crippen LogP contribution in [-0.2, 0) is 6.18 Å². The maximum Gasteiger partial charge on any atom is 0.416 e. The molecule has 1 N–H and O–H groups in total. The van der Waals surface area contributed by atoms with Crippen LogP contribution >= 0.6 is 0 Å². The number of carbonyl (C=O) groups is 1. The summed E-state index contributed by atoms with van der Waals surface area (Å²) in [5.41, 5.74) is 0.790. The molecule has 1 heterocycles. The van der Waals surface area contributed by atoms with E-state index in [-0.39, 0.29) is 5.56 Å². The largest absolute Gasteiger partial charge is 0.416 e. The molecule has 2 aromatic rings. The molecule has 0 saturated carbocycles. The Balaban J connectivity index is 1.70. The standard InChI is InChI=1S/C18H17F3N2O/c19-18(20,21)14-5-3-4-13(12-14)17(24)22-15-6-8-16(9-7-15)23-10-1-2-11-23/h3-9,12H,1-2,10-11H2,(H,22,24). The summed E-state index contributed by atoms with van der Waals surface area (Å²) in [6.45, 7) is 2.05. The van der Waals surface area contributed by atoms with Crippen LogP contribution in [0.25, 0.3) is 0 Å². The van der Waals surface area contributed by atoms with E-state index in [0.29, 0.717) is 5.69 Å². The van der Waals surface area contributed by atoms with Crippen molar-refractivity contribution in [2.45, 2.75) is 19.0 Å². The second-order valence-electron chi connectivity index (χ2n) is 5.77. The summed E-state index contributed by atoms with van der Waals surface area (Å²) < 4.78 is 38.1. The van der Waals surface area contributed by atoms with Gasteiger partial charge in [-0.1, -0.05) is 6.07 Å². The van der Waals surface area contributed by atoms with Gasteiger partial charge >= 0.3 is 6.18 Å². The number of anilines is 2. The number of nitrogens with one attached hydrogen (secondary N) is 1. The maximum absolute atomic E-state index is 12.7. The summed E-state index contributed by atoms with van der Waals surface area (Å²) in [6, 6.07) is 11.7. The third-order valence-electron chi connectivity index (χ3n) is 4.05. The van der Waals surface area contributed by atoms with E-state index < -0.39 is 17.6 Å². The zero-order chi connectivity index (χ0) is 17.2. The molecule has 0 spiro atoms. The number of benzene rings is 2. The summed E-state index contributed by atoms with van der Waals surface area (Å²) in [4.78, 5) is 14.4. The van der Waals surface area contributed by atoms with E-state index in [2.05, 4.69) is 10.2 Å². The van der Waals surface area contributed by atoms with Crippen molar-refractivity contribution >= 4 is 17.3 Å². The first-order chi connectivity index (χ1) is 11.4. The lowest BCUT2D eigenvalue weighted by Crippen LogP contribution is -2.17. The molecule has 3 rings (SSSR count). The topological polar surface area (TPSA) is 32.3 Å². The van der Waals surface area contributed by atoms with E-state index in [1.165, 1.54) is 25.0 Å². The average molecular weight is 334 g/mol. The molecule has 1 amide bonds. The summed E-state index contributed by atoms with van der Waals surface area (Å²) >= 11 is 0. The zero-order valence-corrected chi connectivity index (χ0v) is 12.9. The Bertz CT molecular complexity index is 720. The van der Waals surface area contributed by atoms with E-state index in [0.717, 1.165) is 30.9 Å². The fourth-order valence-corrected chi connectivity index (χ4v) is 2.77. The van der Waals surface area contributed by atoms with Crippen LogP contribution in [0.3, 0.4) is 0 Å².